The summed E-state index contributed by atoms with van der Waals surface area (Å²) in [5.74, 6) is 0.618. The van der Waals surface area contributed by atoms with E-state index in [9.17, 15) is 19.7 Å². The van der Waals surface area contributed by atoms with Gasteiger partial charge in [0.05, 0.1) is 33.7 Å². The van der Waals surface area contributed by atoms with Gasteiger partial charge in [0.15, 0.2) is 11.5 Å². The number of hydrogen-bond donors (Lipinski definition) is 1. The molecule has 35 heavy (non-hydrogen) atoms. The number of nitrogens with zero attached hydrogens (tertiary/aromatic N) is 3. The van der Waals surface area contributed by atoms with Crippen molar-refractivity contribution < 1.29 is 14.4 Å². The van der Waals surface area contributed by atoms with Crippen molar-refractivity contribution in [2.45, 2.75) is 13.5 Å². The predicted octanol–water partition coefficient (Wildman–Crippen LogP) is 4.11. The molecule has 178 valence electrons. The molecule has 0 fully saturated rings. The lowest BCUT2D eigenvalue weighted by Crippen LogP contribution is -2.32. The molecule has 3 aromatic carbocycles. The first-order valence-electron chi connectivity index (χ1n) is 10.5. The lowest BCUT2D eigenvalue weighted by molar-refractivity contribution is -0.384. The summed E-state index contributed by atoms with van der Waals surface area (Å²) >= 11 is 6.43. The van der Waals surface area contributed by atoms with Crippen LogP contribution in [0.15, 0.2) is 75.4 Å². The van der Waals surface area contributed by atoms with Crippen molar-refractivity contribution in [3.63, 3.8) is 0 Å². The van der Waals surface area contributed by atoms with E-state index in [2.05, 4.69) is 10.1 Å². The number of aromatic amines is 1. The van der Waals surface area contributed by atoms with E-state index in [-0.39, 0.29) is 23.1 Å². The van der Waals surface area contributed by atoms with Crippen LogP contribution in [0, 0.1) is 10.1 Å². The van der Waals surface area contributed by atoms with Crippen LogP contribution in [0.4, 0.5) is 5.69 Å². The van der Waals surface area contributed by atoms with Gasteiger partial charge in [-0.3, -0.25) is 14.9 Å². The average molecular weight is 495 g/mol. The van der Waals surface area contributed by atoms with Gasteiger partial charge >= 0.3 is 5.69 Å². The van der Waals surface area contributed by atoms with Crippen LogP contribution in [0.2, 0.25) is 5.02 Å². The molecule has 0 aliphatic rings. The van der Waals surface area contributed by atoms with Gasteiger partial charge in [0.1, 0.15) is 6.61 Å². The highest BCUT2D eigenvalue weighted by Gasteiger charge is 2.14. The maximum atomic E-state index is 12.7. The zero-order valence-electron chi connectivity index (χ0n) is 18.4. The van der Waals surface area contributed by atoms with E-state index < -0.39 is 16.2 Å². The summed E-state index contributed by atoms with van der Waals surface area (Å²) in [7, 11) is 0. The molecule has 0 saturated heterocycles. The van der Waals surface area contributed by atoms with Gasteiger partial charge < -0.3 is 14.5 Å². The van der Waals surface area contributed by atoms with Crippen molar-refractivity contribution in [1.82, 2.24) is 9.66 Å². The number of benzene rings is 3. The van der Waals surface area contributed by atoms with Crippen molar-refractivity contribution in [2.24, 2.45) is 5.10 Å². The highest BCUT2D eigenvalue weighted by Crippen LogP contribution is 2.37. The predicted molar refractivity (Wildman–Crippen MR) is 132 cm³/mol. The van der Waals surface area contributed by atoms with Crippen molar-refractivity contribution >= 4 is 34.4 Å². The third-order valence-corrected chi connectivity index (χ3v) is 5.25. The van der Waals surface area contributed by atoms with Crippen molar-refractivity contribution in [3.05, 3.63) is 108 Å². The second-order valence-electron chi connectivity index (χ2n) is 7.31. The van der Waals surface area contributed by atoms with E-state index in [1.807, 2.05) is 0 Å². The molecule has 0 unspecified atom stereocenters. The normalized spacial score (nSPS) is 11.1. The zero-order chi connectivity index (χ0) is 24.9. The minimum Gasteiger partial charge on any atom is -0.490 e. The Bertz CT molecular complexity index is 1540. The van der Waals surface area contributed by atoms with Crippen LogP contribution in [-0.2, 0) is 6.61 Å². The SMILES string of the molecule is CCOc1cc(C=Nn2c(=O)[nH]c3ccccc3c2=O)cc(Cl)c1OCc1ccc([N+](=O)[O-])cc1. The number of non-ortho nitro benzene ring substituents is 1. The summed E-state index contributed by atoms with van der Waals surface area (Å²) in [5.41, 5.74) is 0.346. The summed E-state index contributed by atoms with van der Waals surface area (Å²) < 4.78 is 12.2. The Morgan fingerprint density at radius 2 is 1.86 bits per heavy atom. The van der Waals surface area contributed by atoms with Gasteiger partial charge in [-0.15, -0.1) is 4.68 Å². The average Bonchev–Trinajstić information content (AvgIpc) is 2.84. The molecule has 1 N–H and O–H groups in total. The van der Waals surface area contributed by atoms with Crippen molar-refractivity contribution in [1.29, 1.82) is 0 Å². The molecule has 4 aromatic rings. The van der Waals surface area contributed by atoms with Gasteiger partial charge in [-0.1, -0.05) is 23.7 Å². The van der Waals surface area contributed by atoms with Gasteiger partial charge in [0, 0.05) is 12.1 Å². The Labute approximate surface area is 203 Å². The number of fused-ring (bicyclic) bond motifs is 1. The lowest BCUT2D eigenvalue weighted by Gasteiger charge is -2.14. The lowest BCUT2D eigenvalue weighted by atomic mass is 10.2. The molecule has 11 heteroatoms. The molecule has 0 aliphatic carbocycles. The smallest absolute Gasteiger partial charge is 0.349 e. The van der Waals surface area contributed by atoms with E-state index in [0.717, 1.165) is 4.68 Å². The number of rotatable bonds is 8. The van der Waals surface area contributed by atoms with E-state index in [4.69, 9.17) is 21.1 Å². The van der Waals surface area contributed by atoms with Crippen LogP contribution in [0.3, 0.4) is 0 Å². The molecule has 0 radical (unpaired) electrons. The number of nitro benzene ring substituents is 1. The third-order valence-electron chi connectivity index (χ3n) is 4.97. The largest absolute Gasteiger partial charge is 0.490 e. The molecule has 0 aliphatic heterocycles. The summed E-state index contributed by atoms with van der Waals surface area (Å²) in [5, 5.41) is 15.4. The molecule has 1 aromatic heterocycles. The summed E-state index contributed by atoms with van der Waals surface area (Å²) in [6, 6.07) is 15.8. The van der Waals surface area contributed by atoms with Crippen LogP contribution in [0.25, 0.3) is 10.9 Å². The fourth-order valence-corrected chi connectivity index (χ4v) is 3.59. The minimum atomic E-state index is -0.677. The Kier molecular flexibility index (Phi) is 6.93. The fourth-order valence-electron chi connectivity index (χ4n) is 3.32. The molecular formula is C24H19ClN4O6. The fraction of sp³-hybridized carbons (Fsp3) is 0.125. The van der Waals surface area contributed by atoms with E-state index in [0.29, 0.717) is 34.4 Å². The topological polar surface area (TPSA) is 129 Å². The monoisotopic (exact) mass is 494 g/mol. The number of nitro groups is 1. The van der Waals surface area contributed by atoms with Crippen molar-refractivity contribution in [2.75, 3.05) is 6.61 Å². The second kappa shape index (κ2) is 10.2. The van der Waals surface area contributed by atoms with E-state index in [1.54, 1.807) is 55.5 Å². The molecule has 0 saturated carbocycles. The Hall–Kier alpha value is -4.44. The number of hydrogen-bond acceptors (Lipinski definition) is 7. The number of nitrogens with one attached hydrogen (secondary N) is 1. The van der Waals surface area contributed by atoms with Crippen LogP contribution in [0.1, 0.15) is 18.1 Å². The number of halogens is 1. The highest BCUT2D eigenvalue weighted by atomic mass is 35.5. The Morgan fingerprint density at radius 3 is 2.57 bits per heavy atom. The second-order valence-corrected chi connectivity index (χ2v) is 7.72. The summed E-state index contributed by atoms with van der Waals surface area (Å²) in [6.45, 7) is 2.23. The summed E-state index contributed by atoms with van der Waals surface area (Å²) in [6.07, 6.45) is 1.32. The molecule has 10 nitrogen and oxygen atoms in total. The minimum absolute atomic E-state index is 0.0187. The first kappa shape index (κ1) is 23.7. The first-order chi connectivity index (χ1) is 16.9. The first-order valence-corrected chi connectivity index (χ1v) is 10.9. The molecule has 1 heterocycles. The Balaban J connectivity index is 1.61. The van der Waals surface area contributed by atoms with Gasteiger partial charge in [-0.2, -0.15) is 5.10 Å². The van der Waals surface area contributed by atoms with E-state index >= 15 is 0 Å². The number of ether oxygens (including phenoxy) is 2. The molecular weight excluding hydrogens is 476 g/mol. The van der Waals surface area contributed by atoms with Crippen LogP contribution < -0.4 is 20.7 Å². The molecule has 4 rings (SSSR count). The van der Waals surface area contributed by atoms with Gasteiger partial charge in [0.2, 0.25) is 0 Å². The van der Waals surface area contributed by atoms with Gasteiger partial charge in [0.25, 0.3) is 11.2 Å². The van der Waals surface area contributed by atoms with Gasteiger partial charge in [-0.05, 0) is 54.4 Å². The molecule has 0 spiro atoms. The number of H-pyrrole nitrogens is 1. The highest BCUT2D eigenvalue weighted by molar-refractivity contribution is 6.32. The van der Waals surface area contributed by atoms with Crippen molar-refractivity contribution in [3.8, 4) is 11.5 Å². The molecule has 0 bridgehead atoms. The standard InChI is InChI=1S/C24H19ClN4O6/c1-2-34-21-12-16(13-26-28-23(30)18-5-3-4-6-20(18)27-24(28)31)11-19(25)22(21)35-14-15-7-9-17(10-8-15)29(32)33/h3-13H,2,14H2,1H3,(H,27,31). The third kappa shape index (κ3) is 5.22. The van der Waals surface area contributed by atoms with Gasteiger partial charge in [-0.25, -0.2) is 4.79 Å². The number of para-hydroxylation sites is 1. The molecule has 0 atom stereocenters. The zero-order valence-corrected chi connectivity index (χ0v) is 19.2. The maximum Gasteiger partial charge on any atom is 0.349 e. The van der Waals surface area contributed by atoms with E-state index in [1.165, 1.54) is 18.3 Å². The quantitative estimate of drug-likeness (QED) is 0.223. The number of aromatic nitrogens is 2. The maximum absolute atomic E-state index is 12.7. The van der Waals surface area contributed by atoms with Crippen LogP contribution >= 0.6 is 11.6 Å². The molecule has 0 amide bonds. The summed E-state index contributed by atoms with van der Waals surface area (Å²) in [4.78, 5) is 37.9. The Morgan fingerprint density at radius 1 is 1.11 bits per heavy atom. The van der Waals surface area contributed by atoms with Crippen LogP contribution in [-0.4, -0.2) is 27.4 Å². The van der Waals surface area contributed by atoms with Crippen LogP contribution in [0.5, 0.6) is 11.5 Å².